The van der Waals surface area contributed by atoms with Gasteiger partial charge in [0, 0.05) is 19.2 Å². The molecule has 0 atom stereocenters. The van der Waals surface area contributed by atoms with Crippen LogP contribution in [0.2, 0.25) is 5.02 Å². The predicted octanol–water partition coefficient (Wildman–Crippen LogP) is 4.27. The van der Waals surface area contributed by atoms with Crippen LogP contribution in [0.5, 0.6) is 5.75 Å². The number of fused-ring (bicyclic) bond motifs is 1. The molecule has 0 aromatic heterocycles. The molecule has 0 saturated heterocycles. The Morgan fingerprint density at radius 2 is 2.04 bits per heavy atom. The molecule has 1 heterocycles. The van der Waals surface area contributed by atoms with E-state index in [1.54, 1.807) is 12.1 Å². The Kier molecular flexibility index (Phi) is 5.75. The van der Waals surface area contributed by atoms with Crippen molar-refractivity contribution in [2.75, 3.05) is 18.4 Å². The van der Waals surface area contributed by atoms with E-state index < -0.39 is 10.0 Å². The van der Waals surface area contributed by atoms with Crippen LogP contribution in [0, 0.1) is 0 Å². The number of nitrogens with one attached hydrogen (secondary N) is 1. The Morgan fingerprint density at radius 3 is 2.77 bits per heavy atom. The van der Waals surface area contributed by atoms with Crippen LogP contribution in [-0.2, 0) is 23.1 Å². The molecular weight excluding hydrogens is 372 g/mol. The van der Waals surface area contributed by atoms with Crippen LogP contribution in [0.1, 0.15) is 30.9 Å². The molecule has 1 aliphatic heterocycles. The third-order valence-corrected chi connectivity index (χ3v) is 6.40. The molecule has 7 heteroatoms. The van der Waals surface area contributed by atoms with Crippen molar-refractivity contribution >= 4 is 27.3 Å². The van der Waals surface area contributed by atoms with E-state index >= 15 is 0 Å². The van der Waals surface area contributed by atoms with E-state index in [0.29, 0.717) is 11.4 Å². The summed E-state index contributed by atoms with van der Waals surface area (Å²) in [4.78, 5) is 2.35. The molecule has 5 nitrogen and oxygen atoms in total. The van der Waals surface area contributed by atoms with Gasteiger partial charge in [-0.25, -0.2) is 8.42 Å². The lowest BCUT2D eigenvalue weighted by molar-refractivity contribution is 0.279. The summed E-state index contributed by atoms with van der Waals surface area (Å²) in [5.41, 5.74) is 2.81. The SMILES string of the molecule is CCCCN1Cc2cccc(NS(=O)(=O)c3cc(OC)ccc3Cl)c2C1. The molecule has 0 radical (unpaired) electrons. The second-order valence-corrected chi connectivity index (χ2v) is 8.47. The van der Waals surface area contributed by atoms with Crippen LogP contribution in [-0.4, -0.2) is 27.0 Å². The molecule has 0 amide bonds. The number of benzene rings is 2. The van der Waals surface area contributed by atoms with Gasteiger partial charge >= 0.3 is 0 Å². The number of halogens is 1. The van der Waals surface area contributed by atoms with Crippen LogP contribution >= 0.6 is 11.6 Å². The number of ether oxygens (including phenoxy) is 1. The average molecular weight is 395 g/mol. The minimum atomic E-state index is -3.81. The summed E-state index contributed by atoms with van der Waals surface area (Å²) in [5, 5.41) is 0.162. The van der Waals surface area contributed by atoms with E-state index in [4.69, 9.17) is 16.3 Å². The van der Waals surface area contributed by atoms with Gasteiger partial charge in [-0.3, -0.25) is 9.62 Å². The van der Waals surface area contributed by atoms with Gasteiger partial charge in [0.15, 0.2) is 0 Å². The number of unbranched alkanes of at least 4 members (excludes halogenated alkanes) is 1. The highest BCUT2D eigenvalue weighted by Gasteiger charge is 2.25. The van der Waals surface area contributed by atoms with Crippen molar-refractivity contribution in [2.24, 2.45) is 0 Å². The van der Waals surface area contributed by atoms with Crippen LogP contribution in [0.15, 0.2) is 41.3 Å². The van der Waals surface area contributed by atoms with Gasteiger partial charge in [0.05, 0.1) is 17.8 Å². The van der Waals surface area contributed by atoms with Gasteiger partial charge in [0.1, 0.15) is 10.6 Å². The van der Waals surface area contributed by atoms with Gasteiger partial charge in [0.2, 0.25) is 0 Å². The highest BCUT2D eigenvalue weighted by atomic mass is 35.5. The quantitative estimate of drug-likeness (QED) is 0.762. The third-order valence-electron chi connectivity index (χ3n) is 4.55. The molecule has 2 aromatic carbocycles. The summed E-state index contributed by atoms with van der Waals surface area (Å²) in [7, 11) is -2.32. The molecule has 140 valence electrons. The van der Waals surface area contributed by atoms with Crippen molar-refractivity contribution < 1.29 is 13.2 Å². The summed E-state index contributed by atoms with van der Waals surface area (Å²) in [6.07, 6.45) is 2.27. The first-order valence-corrected chi connectivity index (χ1v) is 10.5. The van der Waals surface area contributed by atoms with Gasteiger partial charge in [-0.15, -0.1) is 0 Å². The van der Waals surface area contributed by atoms with E-state index in [1.807, 2.05) is 6.07 Å². The molecule has 0 fully saturated rings. The zero-order chi connectivity index (χ0) is 18.7. The van der Waals surface area contributed by atoms with Crippen LogP contribution < -0.4 is 9.46 Å². The van der Waals surface area contributed by atoms with Crippen molar-refractivity contribution in [1.82, 2.24) is 4.90 Å². The van der Waals surface area contributed by atoms with Crippen molar-refractivity contribution in [3.05, 3.63) is 52.5 Å². The second kappa shape index (κ2) is 7.86. The van der Waals surface area contributed by atoms with Crippen LogP contribution in [0.25, 0.3) is 0 Å². The number of methoxy groups -OCH3 is 1. The Hall–Kier alpha value is -1.76. The van der Waals surface area contributed by atoms with Crippen LogP contribution in [0.4, 0.5) is 5.69 Å². The lowest BCUT2D eigenvalue weighted by Crippen LogP contribution is -2.18. The number of hydrogen-bond acceptors (Lipinski definition) is 4. The van der Waals surface area contributed by atoms with E-state index in [1.165, 1.54) is 19.2 Å². The predicted molar refractivity (Wildman–Crippen MR) is 104 cm³/mol. The van der Waals surface area contributed by atoms with E-state index in [-0.39, 0.29) is 9.92 Å². The number of anilines is 1. The Balaban J connectivity index is 1.88. The fraction of sp³-hybridized carbons (Fsp3) is 0.368. The largest absolute Gasteiger partial charge is 0.497 e. The molecule has 0 saturated carbocycles. The summed E-state index contributed by atoms with van der Waals surface area (Å²) >= 11 is 6.12. The molecule has 0 spiro atoms. The molecule has 0 aliphatic carbocycles. The topological polar surface area (TPSA) is 58.6 Å². The number of nitrogens with zero attached hydrogens (tertiary/aromatic N) is 1. The highest BCUT2D eigenvalue weighted by Crippen LogP contribution is 2.33. The Morgan fingerprint density at radius 1 is 1.23 bits per heavy atom. The smallest absolute Gasteiger partial charge is 0.263 e. The maximum atomic E-state index is 12.9. The van der Waals surface area contributed by atoms with Crippen molar-refractivity contribution in [3.8, 4) is 5.75 Å². The molecule has 2 aromatic rings. The normalized spacial score (nSPS) is 14.3. The first kappa shape index (κ1) is 19.0. The molecule has 26 heavy (non-hydrogen) atoms. The second-order valence-electron chi connectivity index (χ2n) is 6.41. The fourth-order valence-electron chi connectivity index (χ4n) is 3.14. The van der Waals surface area contributed by atoms with E-state index in [2.05, 4.69) is 22.6 Å². The number of hydrogen-bond donors (Lipinski definition) is 1. The monoisotopic (exact) mass is 394 g/mol. The summed E-state index contributed by atoms with van der Waals surface area (Å²) in [5.74, 6) is 0.443. The molecule has 1 aliphatic rings. The van der Waals surface area contributed by atoms with Gasteiger partial charge in [-0.1, -0.05) is 37.1 Å². The van der Waals surface area contributed by atoms with Crippen molar-refractivity contribution in [1.29, 1.82) is 0 Å². The van der Waals surface area contributed by atoms with Gasteiger partial charge in [-0.2, -0.15) is 0 Å². The maximum Gasteiger partial charge on any atom is 0.263 e. The summed E-state index contributed by atoms with van der Waals surface area (Å²) in [6, 6.07) is 10.3. The summed E-state index contributed by atoms with van der Waals surface area (Å²) in [6.45, 7) is 4.78. The van der Waals surface area contributed by atoms with Gasteiger partial charge < -0.3 is 4.74 Å². The molecule has 0 bridgehead atoms. The van der Waals surface area contributed by atoms with E-state index in [0.717, 1.165) is 43.6 Å². The molecule has 1 N–H and O–H groups in total. The fourth-order valence-corrected chi connectivity index (χ4v) is 4.75. The molecule has 3 rings (SSSR count). The number of sulfonamides is 1. The zero-order valence-electron chi connectivity index (χ0n) is 15.0. The third kappa shape index (κ3) is 3.98. The van der Waals surface area contributed by atoms with Crippen LogP contribution in [0.3, 0.4) is 0 Å². The lowest BCUT2D eigenvalue weighted by Gasteiger charge is -2.15. The maximum absolute atomic E-state index is 12.9. The Labute approximate surface area is 160 Å². The zero-order valence-corrected chi connectivity index (χ0v) is 16.5. The molecule has 0 unspecified atom stereocenters. The molecular formula is C19H23ClN2O3S. The average Bonchev–Trinajstić information content (AvgIpc) is 3.04. The number of rotatable bonds is 7. The Bertz CT molecular complexity index is 900. The highest BCUT2D eigenvalue weighted by molar-refractivity contribution is 7.92. The van der Waals surface area contributed by atoms with Crippen molar-refractivity contribution in [3.63, 3.8) is 0 Å². The lowest BCUT2D eigenvalue weighted by atomic mass is 10.1. The van der Waals surface area contributed by atoms with Crippen molar-refractivity contribution in [2.45, 2.75) is 37.8 Å². The standard InChI is InChI=1S/C19H23ClN2O3S/c1-3-4-10-22-12-14-6-5-7-18(16(14)13-22)21-26(23,24)19-11-15(25-2)8-9-17(19)20/h5-9,11,21H,3-4,10,12-13H2,1-2H3. The summed E-state index contributed by atoms with van der Waals surface area (Å²) < 4.78 is 33.6. The minimum Gasteiger partial charge on any atom is -0.497 e. The van der Waals surface area contributed by atoms with Gasteiger partial charge in [-0.05, 0) is 42.3 Å². The van der Waals surface area contributed by atoms with E-state index in [9.17, 15) is 8.42 Å². The minimum absolute atomic E-state index is 0.0111. The first-order valence-electron chi connectivity index (χ1n) is 8.64. The van der Waals surface area contributed by atoms with Gasteiger partial charge in [0.25, 0.3) is 10.0 Å². The first-order chi connectivity index (χ1) is 12.4.